The number of likely N-dealkylation sites (tertiary alicyclic amines) is 1. The van der Waals surface area contributed by atoms with Crippen molar-refractivity contribution in [3.63, 3.8) is 0 Å². The number of nitrogens with zero attached hydrogens (tertiary/aromatic N) is 5. The number of aryl methyl sites for hydroxylation is 1. The van der Waals surface area contributed by atoms with Crippen molar-refractivity contribution in [3.05, 3.63) is 84.2 Å². The largest absolute Gasteiger partial charge is 0.385 e. The van der Waals surface area contributed by atoms with Gasteiger partial charge < -0.3 is 10.1 Å². The van der Waals surface area contributed by atoms with Gasteiger partial charge in [-0.15, -0.1) is 0 Å². The van der Waals surface area contributed by atoms with Gasteiger partial charge >= 0.3 is 0 Å². The summed E-state index contributed by atoms with van der Waals surface area (Å²) in [6.07, 6.45) is 4.52. The lowest BCUT2D eigenvalue weighted by atomic mass is 9.95. The van der Waals surface area contributed by atoms with Gasteiger partial charge in [0.1, 0.15) is 0 Å². The van der Waals surface area contributed by atoms with E-state index in [4.69, 9.17) is 9.72 Å². The quantitative estimate of drug-likeness (QED) is 0.252. The van der Waals surface area contributed by atoms with Gasteiger partial charge in [-0.25, -0.2) is 9.97 Å². The monoisotopic (exact) mass is 548 g/mol. The molecule has 0 unspecified atom stereocenters. The zero-order valence-corrected chi connectivity index (χ0v) is 23.7. The first-order chi connectivity index (χ1) is 20.1. The Balaban J connectivity index is 1.20. The van der Waals surface area contributed by atoms with Crippen LogP contribution in [0, 0.1) is 12.8 Å². The van der Waals surface area contributed by atoms with Gasteiger partial charge in [0.25, 0.3) is 0 Å². The number of pyridine rings is 1. The second kappa shape index (κ2) is 12.2. The van der Waals surface area contributed by atoms with Crippen molar-refractivity contribution in [2.45, 2.75) is 32.7 Å². The minimum atomic E-state index is 0.104. The lowest BCUT2D eigenvalue weighted by molar-refractivity contribution is -0.126. The number of ether oxygens (including phenoxy) is 1. The fourth-order valence-electron chi connectivity index (χ4n) is 5.66. The molecule has 1 aliphatic rings. The summed E-state index contributed by atoms with van der Waals surface area (Å²) in [5.74, 6) is 0.285. The van der Waals surface area contributed by atoms with Gasteiger partial charge in [-0.1, -0.05) is 54.6 Å². The normalized spacial score (nSPS) is 14.6. The number of hydrogen-bond donors (Lipinski definition) is 1. The molecule has 1 fully saturated rings. The number of amides is 1. The minimum absolute atomic E-state index is 0.104. The van der Waals surface area contributed by atoms with Crippen LogP contribution in [-0.4, -0.2) is 63.7 Å². The number of nitrogens with one attached hydrogen (secondary N) is 1. The van der Waals surface area contributed by atoms with Crippen molar-refractivity contribution in [2.24, 2.45) is 5.92 Å². The molecule has 8 nitrogen and oxygen atoms in total. The van der Waals surface area contributed by atoms with Crippen LogP contribution in [0.2, 0.25) is 0 Å². The van der Waals surface area contributed by atoms with Crippen molar-refractivity contribution < 1.29 is 9.53 Å². The third-order valence-corrected chi connectivity index (χ3v) is 7.88. The second-order valence-electron chi connectivity index (χ2n) is 10.9. The summed E-state index contributed by atoms with van der Waals surface area (Å²) in [6.45, 7) is 6.05. The van der Waals surface area contributed by atoms with Crippen molar-refractivity contribution >= 4 is 22.6 Å². The molecule has 2 aromatic carbocycles. The summed E-state index contributed by atoms with van der Waals surface area (Å²) < 4.78 is 6.90. The standard InChI is InChI=1S/C33H36N6O2/c1-23-19-30-35-21-28-20-29(25-7-4-3-5-8-25)31(36-32(28)39(30)37-23)26-11-9-24(10-12-26)22-38-16-13-27(14-17-38)33(40)34-15-6-18-41-2/h3-5,7-12,19-21,27H,6,13-18,22H2,1-2H3,(H,34,40). The van der Waals surface area contributed by atoms with Crippen molar-refractivity contribution in [1.82, 2.24) is 29.8 Å². The molecule has 0 spiro atoms. The van der Waals surface area contributed by atoms with Crippen LogP contribution in [0.4, 0.5) is 0 Å². The first kappa shape index (κ1) is 27.1. The van der Waals surface area contributed by atoms with Crippen molar-refractivity contribution in [1.29, 1.82) is 0 Å². The highest BCUT2D eigenvalue weighted by molar-refractivity contribution is 5.90. The third kappa shape index (κ3) is 5.99. The Morgan fingerprint density at radius 3 is 2.56 bits per heavy atom. The fourth-order valence-corrected chi connectivity index (χ4v) is 5.66. The molecule has 0 atom stereocenters. The highest BCUT2D eigenvalue weighted by Gasteiger charge is 2.24. The summed E-state index contributed by atoms with van der Waals surface area (Å²) in [4.78, 5) is 24.7. The van der Waals surface area contributed by atoms with E-state index in [2.05, 4.69) is 74.9 Å². The van der Waals surface area contributed by atoms with Gasteiger partial charge in [-0.05, 0) is 56.5 Å². The number of methoxy groups -OCH3 is 1. The fraction of sp³-hybridized carbons (Fsp3) is 0.333. The number of fused-ring (bicyclic) bond motifs is 3. The van der Waals surface area contributed by atoms with Crippen LogP contribution in [0.5, 0.6) is 0 Å². The van der Waals surface area contributed by atoms with E-state index in [0.29, 0.717) is 13.2 Å². The number of carbonyl (C=O) groups excluding carboxylic acids is 1. The molecule has 8 heteroatoms. The number of aromatic nitrogens is 4. The Kier molecular flexibility index (Phi) is 8.02. The molecular formula is C33H36N6O2. The summed E-state index contributed by atoms with van der Waals surface area (Å²) in [5, 5.41) is 8.66. The van der Waals surface area contributed by atoms with Gasteiger partial charge in [-0.3, -0.25) is 9.69 Å². The molecule has 1 N–H and O–H groups in total. The SMILES string of the molecule is COCCCNC(=O)C1CCN(Cc2ccc(-c3nc4c(cnc5cc(C)nn54)cc3-c3ccccc3)cc2)CC1. The molecule has 41 heavy (non-hydrogen) atoms. The Morgan fingerprint density at radius 2 is 1.80 bits per heavy atom. The third-order valence-electron chi connectivity index (χ3n) is 7.88. The van der Waals surface area contributed by atoms with Crippen LogP contribution in [0.3, 0.4) is 0 Å². The number of hydrogen-bond acceptors (Lipinski definition) is 6. The molecule has 0 bridgehead atoms. The topological polar surface area (TPSA) is 84.6 Å². The van der Waals surface area contributed by atoms with E-state index in [-0.39, 0.29) is 11.8 Å². The zero-order chi connectivity index (χ0) is 28.2. The molecule has 0 aliphatic carbocycles. The summed E-state index contributed by atoms with van der Waals surface area (Å²) in [6, 6.07) is 23.3. The molecule has 3 aromatic heterocycles. The highest BCUT2D eigenvalue weighted by atomic mass is 16.5. The summed E-state index contributed by atoms with van der Waals surface area (Å²) in [7, 11) is 1.68. The van der Waals surface area contributed by atoms with Gasteiger partial charge in [-0.2, -0.15) is 9.61 Å². The Hall–Kier alpha value is -4.14. The maximum Gasteiger partial charge on any atom is 0.223 e. The predicted octanol–water partition coefficient (Wildman–Crippen LogP) is 5.28. The van der Waals surface area contributed by atoms with Gasteiger partial charge in [0.2, 0.25) is 5.91 Å². The molecule has 6 rings (SSSR count). The lowest BCUT2D eigenvalue weighted by Gasteiger charge is -2.31. The molecule has 210 valence electrons. The van der Waals surface area contributed by atoms with E-state index >= 15 is 0 Å². The first-order valence-electron chi connectivity index (χ1n) is 14.4. The molecule has 4 heterocycles. The van der Waals surface area contributed by atoms with Gasteiger partial charge in [0, 0.05) is 61.5 Å². The summed E-state index contributed by atoms with van der Waals surface area (Å²) >= 11 is 0. The molecular weight excluding hydrogens is 512 g/mol. The number of piperidine rings is 1. The van der Waals surface area contributed by atoms with E-state index in [1.807, 2.05) is 29.8 Å². The molecule has 1 amide bonds. The predicted molar refractivity (Wildman–Crippen MR) is 161 cm³/mol. The molecule has 1 aliphatic heterocycles. The van der Waals surface area contributed by atoms with Crippen molar-refractivity contribution in [2.75, 3.05) is 33.4 Å². The van der Waals surface area contributed by atoms with E-state index in [0.717, 1.165) is 83.7 Å². The minimum Gasteiger partial charge on any atom is -0.385 e. The molecule has 0 radical (unpaired) electrons. The van der Waals surface area contributed by atoms with Crippen LogP contribution in [0.25, 0.3) is 39.1 Å². The summed E-state index contributed by atoms with van der Waals surface area (Å²) in [5.41, 5.74) is 7.93. The van der Waals surface area contributed by atoms with Gasteiger partial charge in [0.05, 0.1) is 11.4 Å². The average molecular weight is 549 g/mol. The van der Waals surface area contributed by atoms with Crippen LogP contribution in [-0.2, 0) is 16.1 Å². The van der Waals surface area contributed by atoms with Crippen LogP contribution < -0.4 is 5.32 Å². The van der Waals surface area contributed by atoms with E-state index in [1.165, 1.54) is 5.56 Å². The Bertz CT molecular complexity index is 1640. The molecule has 0 saturated carbocycles. The van der Waals surface area contributed by atoms with E-state index in [1.54, 1.807) is 7.11 Å². The lowest BCUT2D eigenvalue weighted by Crippen LogP contribution is -2.40. The highest BCUT2D eigenvalue weighted by Crippen LogP contribution is 2.34. The van der Waals surface area contributed by atoms with E-state index in [9.17, 15) is 4.79 Å². The molecule has 5 aromatic rings. The second-order valence-corrected chi connectivity index (χ2v) is 10.9. The molecule has 1 saturated heterocycles. The van der Waals surface area contributed by atoms with Crippen LogP contribution >= 0.6 is 0 Å². The number of carbonyl (C=O) groups is 1. The Labute approximate surface area is 240 Å². The van der Waals surface area contributed by atoms with Crippen LogP contribution in [0.15, 0.2) is 72.9 Å². The Morgan fingerprint density at radius 1 is 1.02 bits per heavy atom. The van der Waals surface area contributed by atoms with E-state index < -0.39 is 0 Å². The number of benzene rings is 2. The maximum atomic E-state index is 12.5. The van der Waals surface area contributed by atoms with Crippen LogP contribution in [0.1, 0.15) is 30.5 Å². The number of rotatable bonds is 9. The zero-order valence-electron chi connectivity index (χ0n) is 23.7. The first-order valence-corrected chi connectivity index (χ1v) is 14.4. The van der Waals surface area contributed by atoms with Gasteiger partial charge in [0.15, 0.2) is 11.3 Å². The smallest absolute Gasteiger partial charge is 0.223 e. The average Bonchev–Trinajstić information content (AvgIpc) is 3.40. The van der Waals surface area contributed by atoms with Crippen molar-refractivity contribution in [3.8, 4) is 22.4 Å². The maximum absolute atomic E-state index is 12.5.